The number of benzene rings is 1. The van der Waals surface area contributed by atoms with Crippen LogP contribution in [0.5, 0.6) is 0 Å². The number of aliphatic carboxylic acids is 1. The van der Waals surface area contributed by atoms with Crippen molar-refractivity contribution in [2.75, 3.05) is 0 Å². The number of nitrogens with two attached hydrogens (primary N) is 1. The molecule has 3 atom stereocenters. The van der Waals surface area contributed by atoms with Crippen LogP contribution in [0.3, 0.4) is 0 Å². The second-order valence-electron chi connectivity index (χ2n) is 7.58. The minimum atomic E-state index is -1.40. The number of carboxylic acid groups (broad SMARTS) is 1. The summed E-state index contributed by atoms with van der Waals surface area (Å²) in [5.41, 5.74) is 5.86. The Morgan fingerprint density at radius 3 is 2.64 bits per heavy atom. The molecule has 0 aromatic heterocycles. The number of carbonyl (C=O) groups is 1. The molecule has 0 saturated heterocycles. The highest BCUT2D eigenvalue weighted by Gasteiger charge is 2.49. The molecule has 0 heterocycles. The summed E-state index contributed by atoms with van der Waals surface area (Å²) in [5, 5.41) is 27.9. The van der Waals surface area contributed by atoms with Crippen LogP contribution in [0, 0.1) is 11.7 Å². The summed E-state index contributed by atoms with van der Waals surface area (Å²) >= 11 is 0. The lowest BCUT2D eigenvalue weighted by atomic mass is 9.72. The molecule has 0 spiro atoms. The molecule has 1 aliphatic carbocycles. The first-order chi connectivity index (χ1) is 11.5. The molecule has 5 nitrogen and oxygen atoms in total. The van der Waals surface area contributed by atoms with Gasteiger partial charge in [-0.1, -0.05) is 13.3 Å². The summed E-state index contributed by atoms with van der Waals surface area (Å²) in [6.07, 6.45) is 2.21. The Hall–Kier alpha value is -1.44. The summed E-state index contributed by atoms with van der Waals surface area (Å²) in [5.74, 6) is -1.57. The van der Waals surface area contributed by atoms with Crippen molar-refractivity contribution in [3.63, 3.8) is 0 Å². The van der Waals surface area contributed by atoms with Crippen molar-refractivity contribution in [3.05, 3.63) is 34.6 Å². The van der Waals surface area contributed by atoms with Crippen molar-refractivity contribution in [1.29, 1.82) is 0 Å². The van der Waals surface area contributed by atoms with Gasteiger partial charge < -0.3 is 20.9 Å². The zero-order chi connectivity index (χ0) is 19.0. The molecule has 5 N–H and O–H groups in total. The van der Waals surface area contributed by atoms with Gasteiger partial charge in [0.1, 0.15) is 5.82 Å². The van der Waals surface area contributed by atoms with Crippen LogP contribution < -0.4 is 5.73 Å². The quantitative estimate of drug-likeness (QED) is 0.564. The Bertz CT molecular complexity index is 665. The molecule has 138 valence electrons. The van der Waals surface area contributed by atoms with Crippen molar-refractivity contribution in [2.24, 2.45) is 11.7 Å². The first-order valence-electron chi connectivity index (χ1n) is 8.75. The van der Waals surface area contributed by atoms with Crippen molar-refractivity contribution < 1.29 is 24.3 Å². The van der Waals surface area contributed by atoms with Gasteiger partial charge in [0.25, 0.3) is 0 Å². The molecule has 0 aliphatic heterocycles. The number of rotatable bonds is 7. The van der Waals surface area contributed by atoms with E-state index in [-0.39, 0.29) is 12.2 Å². The maximum Gasteiger partial charge on any atom is 0.451 e. The Balaban J connectivity index is 2.44. The van der Waals surface area contributed by atoms with Crippen LogP contribution in [0.2, 0.25) is 6.32 Å². The highest BCUT2D eigenvalue weighted by atomic mass is 19.1. The summed E-state index contributed by atoms with van der Waals surface area (Å²) in [4.78, 5) is 12.1. The number of hydrogen-bond donors (Lipinski definition) is 4. The highest BCUT2D eigenvalue weighted by molar-refractivity contribution is 6.40. The van der Waals surface area contributed by atoms with Crippen LogP contribution in [0.15, 0.2) is 12.1 Å². The molecule has 1 aromatic rings. The van der Waals surface area contributed by atoms with E-state index in [0.717, 1.165) is 0 Å². The van der Waals surface area contributed by atoms with E-state index in [0.29, 0.717) is 42.4 Å². The molecule has 1 aromatic carbocycles. The van der Waals surface area contributed by atoms with Crippen molar-refractivity contribution in [3.8, 4) is 0 Å². The average Bonchev–Trinajstić information content (AvgIpc) is 2.79. The highest BCUT2D eigenvalue weighted by Crippen LogP contribution is 2.47. The molecule has 25 heavy (non-hydrogen) atoms. The van der Waals surface area contributed by atoms with Gasteiger partial charge in [-0.2, -0.15) is 0 Å². The molecule has 0 bridgehead atoms. The molecule has 1 aliphatic rings. The third-order valence-electron chi connectivity index (χ3n) is 5.84. The van der Waals surface area contributed by atoms with Gasteiger partial charge in [0.15, 0.2) is 0 Å². The fourth-order valence-corrected chi connectivity index (χ4v) is 3.81. The molecule has 0 amide bonds. The monoisotopic (exact) mass is 351 g/mol. The standard InChI is InChI=1S/C18H27BFNO4/c1-4-17(2,21)14-10-13-11(9-15(14)20)8-12(6-5-7-19(24)25)18(13,3)16(22)23/h9-10,12,24-25H,4-8,21H2,1-3H3,(H,22,23)/t12-,17+,18-/m0/s1. The van der Waals surface area contributed by atoms with Gasteiger partial charge >= 0.3 is 13.1 Å². The van der Waals surface area contributed by atoms with Crippen molar-refractivity contribution >= 4 is 13.1 Å². The van der Waals surface area contributed by atoms with Gasteiger partial charge in [0.2, 0.25) is 0 Å². The maximum atomic E-state index is 14.6. The zero-order valence-electron chi connectivity index (χ0n) is 15.1. The molecule has 0 unspecified atom stereocenters. The van der Waals surface area contributed by atoms with E-state index in [9.17, 15) is 14.3 Å². The summed E-state index contributed by atoms with van der Waals surface area (Å²) in [6, 6.07) is 3.05. The van der Waals surface area contributed by atoms with Crippen LogP contribution in [0.1, 0.15) is 56.7 Å². The molecule has 2 rings (SSSR count). The van der Waals surface area contributed by atoms with E-state index >= 15 is 0 Å². The molecule has 0 saturated carbocycles. The van der Waals surface area contributed by atoms with Gasteiger partial charge in [-0.05, 0) is 68.6 Å². The Kier molecular flexibility index (Phi) is 5.61. The SMILES string of the molecule is CC[C@@](C)(N)c1cc2c(cc1F)C[C@H](CCCB(O)O)[C@]2(C)C(=O)O. The van der Waals surface area contributed by atoms with Crippen LogP contribution in [0.25, 0.3) is 0 Å². The predicted octanol–water partition coefficient (Wildman–Crippen LogP) is 2.18. The number of hydrogen-bond acceptors (Lipinski definition) is 4. The molecule has 0 fully saturated rings. The number of carboxylic acids is 1. The minimum Gasteiger partial charge on any atom is -0.481 e. The molecule has 7 heteroatoms. The molecular formula is C18H27BFNO4. The Morgan fingerprint density at radius 1 is 1.48 bits per heavy atom. The van der Waals surface area contributed by atoms with E-state index in [1.54, 1.807) is 19.9 Å². The Labute approximate surface area is 148 Å². The predicted molar refractivity (Wildman–Crippen MR) is 94.6 cm³/mol. The third kappa shape index (κ3) is 3.59. The Morgan fingerprint density at radius 2 is 2.12 bits per heavy atom. The summed E-state index contributed by atoms with van der Waals surface area (Å²) in [7, 11) is -1.40. The van der Waals surface area contributed by atoms with Crippen LogP contribution >= 0.6 is 0 Å². The first-order valence-corrected chi connectivity index (χ1v) is 8.75. The fourth-order valence-electron chi connectivity index (χ4n) is 3.81. The van der Waals surface area contributed by atoms with Gasteiger partial charge in [0, 0.05) is 11.1 Å². The lowest BCUT2D eigenvalue weighted by molar-refractivity contribution is -0.145. The normalized spacial score (nSPS) is 24.7. The minimum absolute atomic E-state index is 0.193. The van der Waals surface area contributed by atoms with Crippen LogP contribution in [0.4, 0.5) is 4.39 Å². The van der Waals surface area contributed by atoms with E-state index in [1.165, 1.54) is 6.07 Å². The zero-order valence-corrected chi connectivity index (χ0v) is 15.1. The molecular weight excluding hydrogens is 324 g/mol. The van der Waals surface area contributed by atoms with Crippen molar-refractivity contribution in [1.82, 2.24) is 0 Å². The largest absolute Gasteiger partial charge is 0.481 e. The summed E-state index contributed by atoms with van der Waals surface area (Å²) in [6.45, 7) is 5.28. The van der Waals surface area contributed by atoms with Gasteiger partial charge in [0.05, 0.1) is 5.41 Å². The number of fused-ring (bicyclic) bond motifs is 1. The molecule has 0 radical (unpaired) electrons. The van der Waals surface area contributed by atoms with Gasteiger partial charge in [-0.15, -0.1) is 0 Å². The van der Waals surface area contributed by atoms with Gasteiger partial charge in [-0.3, -0.25) is 4.79 Å². The summed E-state index contributed by atoms with van der Waals surface area (Å²) < 4.78 is 14.6. The topological polar surface area (TPSA) is 104 Å². The van der Waals surface area contributed by atoms with E-state index in [4.69, 9.17) is 15.8 Å². The second kappa shape index (κ2) is 7.06. The van der Waals surface area contributed by atoms with Crippen LogP contribution in [-0.2, 0) is 22.2 Å². The second-order valence-corrected chi connectivity index (χ2v) is 7.58. The smallest absolute Gasteiger partial charge is 0.451 e. The lowest BCUT2D eigenvalue weighted by Gasteiger charge is -2.30. The van der Waals surface area contributed by atoms with E-state index in [1.807, 2.05) is 6.92 Å². The first kappa shape index (κ1) is 19.9. The number of halogens is 1. The fraction of sp³-hybridized carbons (Fsp3) is 0.611. The lowest BCUT2D eigenvalue weighted by Crippen LogP contribution is -2.38. The van der Waals surface area contributed by atoms with Crippen LogP contribution in [-0.4, -0.2) is 28.2 Å². The van der Waals surface area contributed by atoms with E-state index in [2.05, 4.69) is 0 Å². The maximum absolute atomic E-state index is 14.6. The van der Waals surface area contributed by atoms with E-state index < -0.39 is 29.9 Å². The third-order valence-corrected chi connectivity index (χ3v) is 5.84. The van der Waals surface area contributed by atoms with Gasteiger partial charge in [-0.25, -0.2) is 4.39 Å². The van der Waals surface area contributed by atoms with Crippen molar-refractivity contribution in [2.45, 2.75) is 63.7 Å². The average molecular weight is 351 g/mol.